The molecule has 0 bridgehead atoms. The molecule has 1 aromatic rings. The van der Waals surface area contributed by atoms with E-state index in [1.807, 2.05) is 31.2 Å². The van der Waals surface area contributed by atoms with Crippen LogP contribution in [-0.4, -0.2) is 45.0 Å². The molecular weight excluding hydrogens is 284 g/mol. The van der Waals surface area contributed by atoms with Crippen LogP contribution < -0.4 is 20.1 Å². The van der Waals surface area contributed by atoms with Crippen LogP contribution in [0.15, 0.2) is 24.3 Å². The van der Waals surface area contributed by atoms with Crippen molar-refractivity contribution in [2.45, 2.75) is 31.9 Å². The van der Waals surface area contributed by atoms with E-state index in [-0.39, 0.29) is 18.2 Å². The molecule has 2 amide bonds. The summed E-state index contributed by atoms with van der Waals surface area (Å²) < 4.78 is 16.2. The van der Waals surface area contributed by atoms with E-state index in [1.165, 1.54) is 0 Å². The van der Waals surface area contributed by atoms with Crippen LogP contribution in [0, 0.1) is 0 Å². The second-order valence-corrected chi connectivity index (χ2v) is 5.26. The molecule has 22 heavy (non-hydrogen) atoms. The van der Waals surface area contributed by atoms with E-state index in [1.54, 1.807) is 7.11 Å². The number of hydrogen-bond acceptors (Lipinski definition) is 4. The lowest BCUT2D eigenvalue weighted by atomic mass is 10.1. The summed E-state index contributed by atoms with van der Waals surface area (Å²) in [7, 11) is 1.62. The smallest absolute Gasteiger partial charge is 0.315 e. The van der Waals surface area contributed by atoms with Gasteiger partial charge in [0.15, 0.2) is 0 Å². The molecule has 6 heteroatoms. The lowest BCUT2D eigenvalue weighted by molar-refractivity contribution is 0.0860. The Balaban J connectivity index is 1.60. The Bertz CT molecular complexity index is 458. The molecule has 0 saturated carbocycles. The van der Waals surface area contributed by atoms with Crippen LogP contribution in [-0.2, 0) is 4.74 Å². The average molecular weight is 308 g/mol. The largest absolute Gasteiger partial charge is 0.497 e. The predicted octanol–water partition coefficient (Wildman–Crippen LogP) is 1.94. The van der Waals surface area contributed by atoms with Gasteiger partial charge in [-0.05, 0) is 44.0 Å². The Morgan fingerprint density at radius 2 is 2.09 bits per heavy atom. The molecule has 2 unspecified atom stereocenters. The highest BCUT2D eigenvalue weighted by molar-refractivity contribution is 5.74. The number of amides is 2. The van der Waals surface area contributed by atoms with Crippen LogP contribution in [0.5, 0.6) is 11.5 Å². The predicted molar refractivity (Wildman–Crippen MR) is 83.5 cm³/mol. The van der Waals surface area contributed by atoms with Gasteiger partial charge in [-0.25, -0.2) is 4.79 Å². The summed E-state index contributed by atoms with van der Waals surface area (Å²) >= 11 is 0. The third kappa shape index (κ3) is 5.11. The molecule has 0 aliphatic carbocycles. The topological polar surface area (TPSA) is 68.8 Å². The van der Waals surface area contributed by atoms with Crippen molar-refractivity contribution in [3.05, 3.63) is 24.3 Å². The van der Waals surface area contributed by atoms with Crippen LogP contribution in [0.3, 0.4) is 0 Å². The third-order valence-electron chi connectivity index (χ3n) is 3.60. The number of carbonyl (C=O) groups is 1. The van der Waals surface area contributed by atoms with E-state index in [0.717, 1.165) is 30.9 Å². The zero-order valence-corrected chi connectivity index (χ0v) is 13.1. The zero-order valence-electron chi connectivity index (χ0n) is 13.1. The van der Waals surface area contributed by atoms with Crippen molar-refractivity contribution in [3.63, 3.8) is 0 Å². The van der Waals surface area contributed by atoms with Gasteiger partial charge in [-0.3, -0.25) is 0 Å². The number of hydrogen-bond donors (Lipinski definition) is 2. The quantitative estimate of drug-likeness (QED) is 0.755. The average Bonchev–Trinajstić information content (AvgIpc) is 3.06. The van der Waals surface area contributed by atoms with Gasteiger partial charge in [-0.1, -0.05) is 0 Å². The summed E-state index contributed by atoms with van der Waals surface area (Å²) in [6, 6.07) is 7.15. The minimum Gasteiger partial charge on any atom is -0.497 e. The van der Waals surface area contributed by atoms with Gasteiger partial charge in [0.1, 0.15) is 18.1 Å². The molecule has 1 aromatic carbocycles. The molecule has 1 aliphatic heterocycles. The number of methoxy groups -OCH3 is 1. The van der Waals surface area contributed by atoms with Gasteiger partial charge in [0, 0.05) is 6.61 Å². The van der Waals surface area contributed by atoms with Gasteiger partial charge in [0.05, 0.1) is 25.8 Å². The first-order valence-corrected chi connectivity index (χ1v) is 7.62. The fourth-order valence-electron chi connectivity index (χ4n) is 2.35. The van der Waals surface area contributed by atoms with Crippen molar-refractivity contribution < 1.29 is 19.0 Å². The Hall–Kier alpha value is -1.95. The molecular formula is C16H24N2O4. The summed E-state index contributed by atoms with van der Waals surface area (Å²) in [6.45, 7) is 3.60. The molecule has 1 aliphatic rings. The maximum Gasteiger partial charge on any atom is 0.315 e. The van der Waals surface area contributed by atoms with E-state index >= 15 is 0 Å². The van der Waals surface area contributed by atoms with E-state index in [9.17, 15) is 4.79 Å². The molecule has 2 N–H and O–H groups in total. The van der Waals surface area contributed by atoms with E-state index < -0.39 is 0 Å². The van der Waals surface area contributed by atoms with E-state index in [0.29, 0.717) is 13.2 Å². The van der Waals surface area contributed by atoms with E-state index in [2.05, 4.69) is 10.6 Å². The molecule has 2 atom stereocenters. The number of carbonyl (C=O) groups excluding carboxylic acids is 1. The molecule has 0 radical (unpaired) electrons. The second kappa shape index (κ2) is 8.48. The monoisotopic (exact) mass is 308 g/mol. The summed E-state index contributed by atoms with van der Waals surface area (Å²) in [5, 5.41) is 5.66. The van der Waals surface area contributed by atoms with Crippen molar-refractivity contribution in [3.8, 4) is 11.5 Å². The SMILES string of the molecule is COc1ccc(OCCNC(=O)NC(C)C2CCCO2)cc1. The Morgan fingerprint density at radius 3 is 2.73 bits per heavy atom. The van der Waals surface area contributed by atoms with Crippen LogP contribution in [0.1, 0.15) is 19.8 Å². The summed E-state index contributed by atoms with van der Waals surface area (Å²) in [5.41, 5.74) is 0. The summed E-state index contributed by atoms with van der Waals surface area (Å²) in [5.74, 6) is 1.53. The van der Waals surface area contributed by atoms with Crippen molar-refractivity contribution in [2.24, 2.45) is 0 Å². The number of ether oxygens (including phenoxy) is 3. The number of urea groups is 1. The van der Waals surface area contributed by atoms with Crippen molar-refractivity contribution >= 4 is 6.03 Å². The molecule has 0 spiro atoms. The van der Waals surface area contributed by atoms with Crippen LogP contribution in [0.4, 0.5) is 4.79 Å². The lowest BCUT2D eigenvalue weighted by Gasteiger charge is -2.20. The normalized spacial score (nSPS) is 18.5. The highest BCUT2D eigenvalue weighted by Gasteiger charge is 2.23. The Kier molecular flexibility index (Phi) is 6.33. The fraction of sp³-hybridized carbons (Fsp3) is 0.562. The lowest BCUT2D eigenvalue weighted by Crippen LogP contribution is -2.46. The van der Waals surface area contributed by atoms with Crippen molar-refractivity contribution in [1.29, 1.82) is 0 Å². The maximum absolute atomic E-state index is 11.8. The first-order valence-electron chi connectivity index (χ1n) is 7.62. The second-order valence-electron chi connectivity index (χ2n) is 5.26. The number of nitrogens with one attached hydrogen (secondary N) is 2. The van der Waals surface area contributed by atoms with Gasteiger partial charge in [0.25, 0.3) is 0 Å². The van der Waals surface area contributed by atoms with Crippen molar-refractivity contribution in [1.82, 2.24) is 10.6 Å². The summed E-state index contributed by atoms with van der Waals surface area (Å²) in [6.07, 6.45) is 2.19. The molecule has 1 fully saturated rings. The van der Waals surface area contributed by atoms with Gasteiger partial charge < -0.3 is 24.8 Å². The van der Waals surface area contributed by atoms with Crippen LogP contribution in [0.2, 0.25) is 0 Å². The fourth-order valence-corrected chi connectivity index (χ4v) is 2.35. The van der Waals surface area contributed by atoms with Gasteiger partial charge in [-0.2, -0.15) is 0 Å². The Morgan fingerprint density at radius 1 is 1.36 bits per heavy atom. The van der Waals surface area contributed by atoms with Gasteiger partial charge >= 0.3 is 6.03 Å². The van der Waals surface area contributed by atoms with Gasteiger partial charge in [-0.15, -0.1) is 0 Å². The van der Waals surface area contributed by atoms with Crippen LogP contribution in [0.25, 0.3) is 0 Å². The minimum atomic E-state index is -0.193. The van der Waals surface area contributed by atoms with Crippen LogP contribution >= 0.6 is 0 Å². The minimum absolute atomic E-state index is 0.0185. The maximum atomic E-state index is 11.8. The number of benzene rings is 1. The highest BCUT2D eigenvalue weighted by Crippen LogP contribution is 2.17. The highest BCUT2D eigenvalue weighted by atomic mass is 16.5. The van der Waals surface area contributed by atoms with Crippen molar-refractivity contribution in [2.75, 3.05) is 26.9 Å². The molecule has 122 valence electrons. The van der Waals surface area contributed by atoms with Gasteiger partial charge in [0.2, 0.25) is 0 Å². The zero-order chi connectivity index (χ0) is 15.8. The molecule has 1 saturated heterocycles. The standard InChI is InChI=1S/C16H24N2O4/c1-12(15-4-3-10-22-15)18-16(19)17-9-11-21-14-7-5-13(20-2)6-8-14/h5-8,12,15H,3-4,9-11H2,1-2H3,(H2,17,18,19). The molecule has 2 rings (SSSR count). The third-order valence-corrected chi connectivity index (χ3v) is 3.60. The molecule has 1 heterocycles. The molecule has 6 nitrogen and oxygen atoms in total. The number of rotatable bonds is 7. The summed E-state index contributed by atoms with van der Waals surface area (Å²) in [4.78, 5) is 11.8. The molecule has 0 aromatic heterocycles. The Labute approximate surface area is 131 Å². The first-order chi connectivity index (χ1) is 10.7. The van der Waals surface area contributed by atoms with E-state index in [4.69, 9.17) is 14.2 Å². The first kappa shape index (κ1) is 16.4.